The maximum absolute atomic E-state index is 5.67. The molecule has 0 saturated carbocycles. The predicted octanol–water partition coefficient (Wildman–Crippen LogP) is 14.3. The van der Waals surface area contributed by atoms with Crippen LogP contribution < -0.4 is 42.9 Å². The van der Waals surface area contributed by atoms with Gasteiger partial charge in [0.2, 0.25) is 0 Å². The summed E-state index contributed by atoms with van der Waals surface area (Å²) in [6.07, 6.45) is 0. The number of rotatable bonds is 1. The van der Waals surface area contributed by atoms with Gasteiger partial charge >= 0.3 is 37.7 Å². The van der Waals surface area contributed by atoms with E-state index in [1.807, 2.05) is 32.0 Å². The second kappa shape index (κ2) is 40.4. The third-order valence-electron chi connectivity index (χ3n) is 10.6. The van der Waals surface area contributed by atoms with E-state index < -0.39 is 15.5 Å². The summed E-state index contributed by atoms with van der Waals surface area (Å²) in [5.41, 5.74) is 23.1. The Hall–Kier alpha value is -2.90. The zero-order valence-corrected chi connectivity index (χ0v) is 54.3. The molecule has 0 aromatic heterocycles. The van der Waals surface area contributed by atoms with Gasteiger partial charge in [0.15, 0.2) is 0 Å². The zero-order chi connectivity index (χ0) is 54.4. The van der Waals surface area contributed by atoms with Crippen LogP contribution in [0, 0.1) is 124 Å². The van der Waals surface area contributed by atoms with Crippen LogP contribution in [0.4, 0.5) is 0 Å². The van der Waals surface area contributed by atoms with E-state index in [1.165, 1.54) is 94.6 Å². The van der Waals surface area contributed by atoms with E-state index in [1.54, 1.807) is 5.19 Å². The fraction of sp³-hybridized carbons (Fsp3) is 0.354. The van der Waals surface area contributed by atoms with Gasteiger partial charge in [0.05, 0.1) is 8.07 Å². The Morgan fingerprint density at radius 3 is 0.806 bits per heavy atom. The first kappa shape index (κ1) is 75.6. The van der Waals surface area contributed by atoms with Crippen LogP contribution in [0.25, 0.3) is 0 Å². The molecular formula is C65H93Cl2Li2SSi2-. The van der Waals surface area contributed by atoms with Crippen LogP contribution in [-0.4, -0.2) is 15.5 Å². The van der Waals surface area contributed by atoms with Gasteiger partial charge in [-0.05, 0) is 132 Å². The number of aryl methyl sites for hydroxylation is 16. The fourth-order valence-corrected chi connectivity index (χ4v) is 9.87. The first-order valence-corrected chi connectivity index (χ1v) is 33.7. The average Bonchev–Trinajstić information content (AvgIpc) is 3.22. The summed E-state index contributed by atoms with van der Waals surface area (Å²) in [6.45, 7) is 49.7. The summed E-state index contributed by atoms with van der Waals surface area (Å²) in [5, 5.41) is 1.63. The molecule has 0 bridgehead atoms. The molecule has 0 N–H and O–H groups in total. The van der Waals surface area contributed by atoms with Crippen LogP contribution >= 0.6 is 21.8 Å². The molecule has 7 rings (SSSR count). The number of hydrogen-bond acceptors (Lipinski definition) is 1. The minimum atomic E-state index is -1.14. The molecule has 0 heterocycles. The minimum absolute atomic E-state index is 0. The van der Waals surface area contributed by atoms with Crippen LogP contribution in [0.3, 0.4) is 0 Å². The van der Waals surface area contributed by atoms with Crippen molar-refractivity contribution in [2.24, 2.45) is 0 Å². The predicted molar refractivity (Wildman–Crippen MR) is 331 cm³/mol. The van der Waals surface area contributed by atoms with Gasteiger partial charge < -0.3 is 24.0 Å². The van der Waals surface area contributed by atoms with E-state index in [0.29, 0.717) is 0 Å². The van der Waals surface area contributed by atoms with Gasteiger partial charge in [-0.15, -0.1) is 0 Å². The van der Waals surface area contributed by atoms with E-state index in [4.69, 9.17) is 11.1 Å². The van der Waals surface area contributed by atoms with Gasteiger partial charge in [-0.1, -0.05) is 235 Å². The van der Waals surface area contributed by atoms with Gasteiger partial charge in [-0.25, -0.2) is 0 Å². The van der Waals surface area contributed by atoms with Crippen molar-refractivity contribution < 1.29 is 39.1 Å². The van der Waals surface area contributed by atoms with E-state index in [-0.39, 0.29) is 39.1 Å². The molecule has 0 aliphatic heterocycles. The molecule has 72 heavy (non-hydrogen) atoms. The standard InChI is InChI=1S/C11H18Si.3C9H12.2C8H10.C8H9.C3H9ClSi.ClS.2Li.H/c1-9-7-6-8-10(2)11(9)12(3,4)5;1-7-4-8(2)6-9(3)5-7;1-7-4-5-8(2)9(3)6-7;1-7-5-4-6-8(2)9(7)3;3*1-7-4-3-5-8(2)6-7;1-5(2,3)4;1-2;;;/h6-8H,1-5H3;3*4-6H,1-3H3;2*3-6H,1-2H3;3-5H,1-2H3;1-3H3;;;;/q;;;;;;-1;;-1;2*+1;-1. The van der Waals surface area contributed by atoms with Crippen LogP contribution in [0.1, 0.15) is 96.0 Å². The van der Waals surface area contributed by atoms with Gasteiger partial charge in [-0.3, -0.25) is 0 Å². The summed E-state index contributed by atoms with van der Waals surface area (Å²) in [4.78, 5) is 0. The first-order valence-electron chi connectivity index (χ1n) is 24.4. The molecule has 0 spiro atoms. The molecule has 0 nitrogen and oxygen atoms in total. The third-order valence-corrected chi connectivity index (χ3v) is 12.9. The fourth-order valence-electron chi connectivity index (χ4n) is 7.33. The molecular weight excluding hydrogens is 954 g/mol. The van der Waals surface area contributed by atoms with E-state index in [9.17, 15) is 0 Å². The molecule has 7 heteroatoms. The van der Waals surface area contributed by atoms with Crippen molar-refractivity contribution in [3.63, 3.8) is 0 Å². The SMILES string of the molecule is C[Si](C)(C)Cl.Cc1[c-]c(C)ccc1.Cc1cc(C)cc(C)c1.Cc1ccc(C)c(C)c1.Cc1cccc(C)c1.Cc1cccc(C)c1.Cc1cccc(C)c1C.Cc1cccc(C)c1[Si](C)(C)C.[H-].[Li+].[Li+].[S-]Cl. The Morgan fingerprint density at radius 1 is 0.333 bits per heavy atom. The Balaban J connectivity index is -0.000000240. The van der Waals surface area contributed by atoms with Crippen LogP contribution in [0.5, 0.6) is 0 Å². The first-order chi connectivity index (χ1) is 32.4. The van der Waals surface area contributed by atoms with Gasteiger partial charge in [0.1, 0.15) is 7.38 Å². The normalized spacial score (nSPS) is 9.58. The summed E-state index contributed by atoms with van der Waals surface area (Å²) in [6, 6.07) is 52.2. The Bertz CT molecular complexity index is 2290. The monoisotopic (exact) mass is 1050 g/mol. The molecule has 0 aliphatic carbocycles. The molecule has 0 radical (unpaired) electrons. The Labute approximate surface area is 486 Å². The maximum Gasteiger partial charge on any atom is 1.00 e. The number of benzene rings is 7. The molecule has 0 atom stereocenters. The van der Waals surface area contributed by atoms with E-state index in [2.05, 4.69) is 293 Å². The molecule has 0 saturated heterocycles. The number of hydrogen-bond donors (Lipinski definition) is 0. The number of halogens is 2. The Kier molecular flexibility index (Phi) is 42.4. The van der Waals surface area contributed by atoms with Crippen molar-refractivity contribution in [2.45, 2.75) is 157 Å². The van der Waals surface area contributed by atoms with Gasteiger partial charge in [-0.2, -0.15) is 46.5 Å². The van der Waals surface area contributed by atoms with Crippen molar-refractivity contribution in [3.05, 3.63) is 240 Å². The molecule has 0 amide bonds. The van der Waals surface area contributed by atoms with E-state index in [0.717, 1.165) is 0 Å². The second-order valence-corrected chi connectivity index (χ2v) is 33.2. The zero-order valence-electron chi connectivity index (χ0n) is 50.9. The second-order valence-electron chi connectivity index (χ2n) is 20.7. The van der Waals surface area contributed by atoms with Gasteiger partial charge in [0.25, 0.3) is 0 Å². The van der Waals surface area contributed by atoms with Crippen molar-refractivity contribution >= 4 is 54.2 Å². The summed E-state index contributed by atoms with van der Waals surface area (Å²) >= 11 is 9.22. The molecule has 0 fully saturated rings. The maximum atomic E-state index is 5.67. The van der Waals surface area contributed by atoms with Crippen LogP contribution in [0.2, 0.25) is 39.3 Å². The molecule has 0 unspecified atom stereocenters. The molecule has 7 aromatic rings. The summed E-state index contributed by atoms with van der Waals surface area (Å²) < 4.78 is 0. The van der Waals surface area contributed by atoms with Crippen molar-refractivity contribution in [2.75, 3.05) is 0 Å². The summed E-state index contributed by atoms with van der Waals surface area (Å²) in [7, 11) is 1.96. The molecule has 384 valence electrons. The van der Waals surface area contributed by atoms with Crippen LogP contribution in [-0.2, 0) is 11.8 Å². The summed E-state index contributed by atoms with van der Waals surface area (Å²) in [5.74, 6) is 0. The quantitative estimate of drug-likeness (QED) is 0.0683. The molecule has 0 aliphatic rings. The largest absolute Gasteiger partial charge is 1.00 e. The van der Waals surface area contributed by atoms with Crippen molar-refractivity contribution in [1.29, 1.82) is 0 Å². The molecule has 7 aromatic carbocycles. The van der Waals surface area contributed by atoms with Gasteiger partial charge in [0, 0.05) is 0 Å². The minimum Gasteiger partial charge on any atom is -1.00 e. The third kappa shape index (κ3) is 39.5. The van der Waals surface area contributed by atoms with Crippen molar-refractivity contribution in [1.82, 2.24) is 0 Å². The van der Waals surface area contributed by atoms with Crippen molar-refractivity contribution in [3.8, 4) is 0 Å². The van der Waals surface area contributed by atoms with Crippen LogP contribution in [0.15, 0.2) is 140 Å². The smallest absolute Gasteiger partial charge is 1.00 e. The topological polar surface area (TPSA) is 0 Å². The van der Waals surface area contributed by atoms with E-state index >= 15 is 0 Å². The Morgan fingerprint density at radius 2 is 0.597 bits per heavy atom. The average molecular weight is 1050 g/mol.